The summed E-state index contributed by atoms with van der Waals surface area (Å²) in [6.07, 6.45) is 0.240. The van der Waals surface area contributed by atoms with Gasteiger partial charge in [0, 0.05) is 40.2 Å². The first kappa shape index (κ1) is 45.3. The Hall–Kier alpha value is 1.15. The SMILES string of the molecule is CCN(C(=O)OC)[C@H]1C[C@H](C)S(=O)(=O)c2sc(S(=O)(=O)NCCC(Cl)C(Cl)CC(C(Cl)CC(Cl)C(C)Cl)C(C(C)Cl)C(Cl)C(C)Cl)cc21. The molecule has 0 radical (unpaired) electrons. The molecule has 1 aliphatic heterocycles. The number of methoxy groups -OCH3 is 1. The van der Waals surface area contributed by atoms with E-state index >= 15 is 0 Å². The molecular formula is C29H44Cl8N2O6S3. The summed E-state index contributed by atoms with van der Waals surface area (Å²) >= 11 is 53.5. The Morgan fingerprint density at radius 3 is 2.08 bits per heavy atom. The van der Waals surface area contributed by atoms with Gasteiger partial charge in [-0.1, -0.05) is 0 Å². The molecule has 12 atom stereocenters. The van der Waals surface area contributed by atoms with Crippen LogP contribution in [0.3, 0.4) is 0 Å². The van der Waals surface area contributed by atoms with Crippen LogP contribution in [-0.2, 0) is 24.6 Å². The highest BCUT2D eigenvalue weighted by atomic mass is 35.5. The second-order valence-electron chi connectivity index (χ2n) is 12.1. The van der Waals surface area contributed by atoms with Crippen molar-refractivity contribution in [3.63, 3.8) is 0 Å². The Morgan fingerprint density at radius 1 is 0.979 bits per heavy atom. The van der Waals surface area contributed by atoms with Crippen molar-refractivity contribution >= 4 is 130 Å². The van der Waals surface area contributed by atoms with E-state index in [1.807, 2.05) is 6.92 Å². The third-order valence-corrected chi connectivity index (χ3v) is 18.5. The van der Waals surface area contributed by atoms with Gasteiger partial charge in [0.1, 0.15) is 8.42 Å². The standard InChI is InChI=1S/C29H44Cl8N2O6S3/c1-7-39(29(40)45-6)24-10-14(2)47(41,42)28-19(24)12-25(46-28)48(43,44)38-9-8-20(33)23(36)11-18(22(35)13-21(34)15(3)30)26(16(4)31)27(37)17(5)32/h12,14-18,20-24,26-27,38H,7-11,13H2,1-6H3/t14-,15?,16?,17?,18?,20?,21?,22?,23?,24-,26?,27?/m0/s1. The van der Waals surface area contributed by atoms with E-state index in [0.717, 1.165) is 0 Å². The van der Waals surface area contributed by atoms with Crippen LogP contribution in [0, 0.1) is 11.8 Å². The Morgan fingerprint density at radius 2 is 1.58 bits per heavy atom. The van der Waals surface area contributed by atoms with E-state index in [4.69, 9.17) is 97.5 Å². The monoisotopic (exact) mass is 892 g/mol. The molecule has 1 aromatic rings. The maximum Gasteiger partial charge on any atom is 0.409 e. The van der Waals surface area contributed by atoms with Gasteiger partial charge in [0.25, 0.3) is 0 Å². The molecule has 2 rings (SSSR count). The van der Waals surface area contributed by atoms with E-state index in [2.05, 4.69) is 4.72 Å². The molecule has 10 unspecified atom stereocenters. The third kappa shape index (κ3) is 11.3. The predicted molar refractivity (Wildman–Crippen MR) is 203 cm³/mol. The van der Waals surface area contributed by atoms with Crippen LogP contribution < -0.4 is 4.72 Å². The molecule has 48 heavy (non-hydrogen) atoms. The highest BCUT2D eigenvalue weighted by molar-refractivity contribution is 7.95. The van der Waals surface area contributed by atoms with Gasteiger partial charge < -0.3 is 9.64 Å². The molecule has 0 saturated carbocycles. The van der Waals surface area contributed by atoms with Crippen molar-refractivity contribution in [1.29, 1.82) is 0 Å². The average molecular weight is 897 g/mol. The smallest absolute Gasteiger partial charge is 0.409 e. The van der Waals surface area contributed by atoms with Crippen LogP contribution in [0.2, 0.25) is 0 Å². The molecule has 0 spiro atoms. The van der Waals surface area contributed by atoms with Gasteiger partial charge in [-0.15, -0.1) is 104 Å². The molecule has 0 aromatic carbocycles. The Labute approximate surface area is 330 Å². The number of ether oxygens (including phenoxy) is 1. The van der Waals surface area contributed by atoms with Gasteiger partial charge in [0.15, 0.2) is 9.84 Å². The number of amides is 1. The molecule has 280 valence electrons. The van der Waals surface area contributed by atoms with E-state index in [1.54, 1.807) is 20.8 Å². The first-order chi connectivity index (χ1) is 22.1. The largest absolute Gasteiger partial charge is 0.453 e. The van der Waals surface area contributed by atoms with Gasteiger partial charge >= 0.3 is 6.09 Å². The van der Waals surface area contributed by atoms with Crippen LogP contribution in [0.1, 0.15) is 71.9 Å². The molecule has 2 heterocycles. The summed E-state index contributed by atoms with van der Waals surface area (Å²) < 4.78 is 60.3. The van der Waals surface area contributed by atoms with Gasteiger partial charge in [-0.25, -0.2) is 26.4 Å². The van der Waals surface area contributed by atoms with Crippen LogP contribution in [-0.4, -0.2) is 96.3 Å². The summed E-state index contributed by atoms with van der Waals surface area (Å²) in [5.41, 5.74) is 0.248. The van der Waals surface area contributed by atoms with Gasteiger partial charge in [0.2, 0.25) is 10.0 Å². The van der Waals surface area contributed by atoms with Crippen molar-refractivity contribution in [3.05, 3.63) is 11.6 Å². The van der Waals surface area contributed by atoms with Crippen LogP contribution in [0.25, 0.3) is 0 Å². The van der Waals surface area contributed by atoms with Crippen LogP contribution >= 0.6 is 104 Å². The van der Waals surface area contributed by atoms with Crippen LogP contribution in [0.15, 0.2) is 14.5 Å². The highest BCUT2D eigenvalue weighted by Crippen LogP contribution is 2.45. The van der Waals surface area contributed by atoms with Gasteiger partial charge in [0.05, 0.1) is 39.9 Å². The van der Waals surface area contributed by atoms with Crippen molar-refractivity contribution in [1.82, 2.24) is 9.62 Å². The first-order valence-electron chi connectivity index (χ1n) is 15.5. The van der Waals surface area contributed by atoms with Crippen molar-refractivity contribution in [2.75, 3.05) is 20.2 Å². The van der Waals surface area contributed by atoms with Crippen molar-refractivity contribution in [3.8, 4) is 0 Å². The summed E-state index contributed by atoms with van der Waals surface area (Å²) in [4.78, 5) is 13.8. The molecule has 0 saturated heterocycles. The molecule has 0 bridgehead atoms. The summed E-state index contributed by atoms with van der Waals surface area (Å²) in [5, 5.41) is -4.89. The number of nitrogens with zero attached hydrogens (tertiary/aromatic N) is 1. The number of hydrogen-bond donors (Lipinski definition) is 1. The summed E-state index contributed by atoms with van der Waals surface area (Å²) in [6, 6.07) is 0.643. The van der Waals surface area contributed by atoms with Crippen molar-refractivity contribution in [2.45, 2.75) is 123 Å². The lowest BCUT2D eigenvalue weighted by Crippen LogP contribution is -2.42. The summed E-state index contributed by atoms with van der Waals surface area (Å²) in [7, 11) is -6.74. The lowest BCUT2D eigenvalue weighted by atomic mass is 9.78. The number of sulfone groups is 1. The van der Waals surface area contributed by atoms with E-state index < -0.39 is 74.9 Å². The lowest BCUT2D eigenvalue weighted by molar-refractivity contribution is 0.104. The molecule has 0 fully saturated rings. The quantitative estimate of drug-likeness (QED) is 0.147. The summed E-state index contributed by atoms with van der Waals surface area (Å²) in [6.45, 7) is 8.77. The number of carbonyl (C=O) groups is 1. The number of alkyl halides is 8. The minimum Gasteiger partial charge on any atom is -0.453 e. The maximum atomic E-state index is 13.4. The van der Waals surface area contributed by atoms with E-state index in [1.165, 1.54) is 25.0 Å². The highest BCUT2D eigenvalue weighted by Gasteiger charge is 2.44. The number of rotatable bonds is 18. The molecule has 1 aromatic heterocycles. The topological polar surface area (TPSA) is 110 Å². The molecule has 1 N–H and O–H groups in total. The Balaban J connectivity index is 2.25. The fourth-order valence-corrected chi connectivity index (χ4v) is 13.3. The van der Waals surface area contributed by atoms with Crippen molar-refractivity contribution < 1.29 is 26.4 Å². The van der Waals surface area contributed by atoms with Gasteiger partial charge in [-0.2, -0.15) is 0 Å². The fraction of sp³-hybridized carbons (Fsp3) is 0.828. The Bertz CT molecular complexity index is 1420. The molecule has 8 nitrogen and oxygen atoms in total. The average Bonchev–Trinajstić information content (AvgIpc) is 3.47. The second-order valence-corrected chi connectivity index (χ2v) is 22.5. The van der Waals surface area contributed by atoms with Gasteiger partial charge in [-0.3, -0.25) is 0 Å². The minimum absolute atomic E-state index is 0.0821. The molecule has 0 aliphatic carbocycles. The lowest BCUT2D eigenvalue weighted by Gasteiger charge is -2.38. The number of halogens is 8. The zero-order valence-electron chi connectivity index (χ0n) is 27.4. The second kappa shape index (κ2) is 19.5. The number of nitrogens with one attached hydrogen (secondary N) is 1. The predicted octanol–water partition coefficient (Wildman–Crippen LogP) is 9.04. The fourth-order valence-electron chi connectivity index (χ4n) is 5.84. The summed E-state index contributed by atoms with van der Waals surface area (Å²) in [5.74, 6) is -0.723. The normalized spacial score (nSPS) is 24.2. The zero-order chi connectivity index (χ0) is 36.9. The molecule has 1 amide bonds. The van der Waals surface area contributed by atoms with Crippen LogP contribution in [0.5, 0.6) is 0 Å². The number of thiophene rings is 1. The van der Waals surface area contributed by atoms with E-state index in [9.17, 15) is 21.6 Å². The maximum absolute atomic E-state index is 13.4. The van der Waals surface area contributed by atoms with Crippen LogP contribution in [0.4, 0.5) is 4.79 Å². The number of hydrogen-bond acceptors (Lipinski definition) is 7. The molecular weight excluding hydrogens is 852 g/mol. The molecule has 1 aliphatic rings. The first-order valence-corrected chi connectivity index (χ1v) is 22.8. The zero-order valence-corrected chi connectivity index (χ0v) is 35.9. The van der Waals surface area contributed by atoms with E-state index in [-0.39, 0.29) is 63.5 Å². The minimum atomic E-state index is -4.16. The third-order valence-electron chi connectivity index (χ3n) is 8.64. The van der Waals surface area contributed by atoms with E-state index in [0.29, 0.717) is 17.8 Å². The van der Waals surface area contributed by atoms with Gasteiger partial charge in [-0.05, 0) is 78.2 Å². The van der Waals surface area contributed by atoms with Crippen molar-refractivity contribution in [2.24, 2.45) is 11.8 Å². The molecule has 19 heteroatoms. The number of carbonyl (C=O) groups excluding carboxylic acids is 1. The Kier molecular flexibility index (Phi) is 18.4. The number of sulfonamides is 1. The number of fused-ring (bicyclic) bond motifs is 1.